The average Bonchev–Trinajstić information content (AvgIpc) is 3.19. The van der Waals surface area contributed by atoms with Gasteiger partial charge in [-0.2, -0.15) is 18.0 Å². The molecule has 0 radical (unpaired) electrons. The molecule has 1 N–H and O–H groups in total. The van der Waals surface area contributed by atoms with Crippen LogP contribution in [0, 0.1) is 0 Å². The number of alkyl halides is 3. The number of nitrogens with zero attached hydrogens (tertiary/aromatic N) is 4. The summed E-state index contributed by atoms with van der Waals surface area (Å²) in [7, 11) is 0. The summed E-state index contributed by atoms with van der Waals surface area (Å²) >= 11 is 0. The largest absolute Gasteiger partial charge is 0.416 e. The van der Waals surface area contributed by atoms with Crippen molar-refractivity contribution in [2.75, 3.05) is 5.32 Å². The van der Waals surface area contributed by atoms with Crippen molar-refractivity contribution in [3.8, 4) is 0 Å². The maximum atomic E-state index is 12.4. The van der Waals surface area contributed by atoms with Crippen LogP contribution in [0.2, 0.25) is 0 Å². The topological polar surface area (TPSA) is 72.7 Å². The Morgan fingerprint density at radius 3 is 2.55 bits per heavy atom. The van der Waals surface area contributed by atoms with Gasteiger partial charge in [0, 0.05) is 11.6 Å². The Bertz CT molecular complexity index is 676. The van der Waals surface area contributed by atoms with Crippen LogP contribution in [0.5, 0.6) is 0 Å². The first-order chi connectivity index (χ1) is 10.4. The molecule has 2 aromatic rings. The van der Waals surface area contributed by atoms with E-state index in [1.165, 1.54) is 16.9 Å². The van der Waals surface area contributed by atoms with Crippen molar-refractivity contribution in [3.63, 3.8) is 0 Å². The molecule has 1 aliphatic carbocycles. The lowest BCUT2D eigenvalue weighted by Gasteiger charge is -2.08. The first-order valence-corrected chi connectivity index (χ1v) is 6.66. The van der Waals surface area contributed by atoms with Gasteiger partial charge < -0.3 is 5.32 Å². The van der Waals surface area contributed by atoms with Crippen molar-refractivity contribution < 1.29 is 18.0 Å². The fraction of sp³-hybridized carbons (Fsp3) is 0.385. The first kappa shape index (κ1) is 14.5. The molecule has 1 aromatic carbocycles. The van der Waals surface area contributed by atoms with Crippen LogP contribution in [0.1, 0.15) is 30.1 Å². The van der Waals surface area contributed by atoms with Crippen LogP contribution in [-0.2, 0) is 17.5 Å². The quantitative estimate of drug-likeness (QED) is 0.939. The number of carbonyl (C=O) groups excluding carboxylic acids is 1. The summed E-state index contributed by atoms with van der Waals surface area (Å²) in [6, 6.07) is 4.22. The van der Waals surface area contributed by atoms with Crippen LogP contribution < -0.4 is 5.32 Å². The number of carbonyl (C=O) groups is 1. The van der Waals surface area contributed by atoms with Crippen LogP contribution in [0.25, 0.3) is 0 Å². The lowest BCUT2D eigenvalue weighted by molar-refractivity contribution is -0.137. The summed E-state index contributed by atoms with van der Waals surface area (Å²) in [4.78, 5) is 13.0. The Morgan fingerprint density at radius 1 is 1.27 bits per heavy atom. The van der Waals surface area contributed by atoms with Crippen molar-refractivity contribution >= 4 is 11.6 Å². The molecule has 0 aliphatic heterocycles. The summed E-state index contributed by atoms with van der Waals surface area (Å²) < 4.78 is 37.3. The molecule has 22 heavy (non-hydrogen) atoms. The molecule has 1 saturated carbocycles. The zero-order chi connectivity index (χ0) is 15.7. The Labute approximate surface area is 123 Å². The van der Waals surface area contributed by atoms with E-state index in [-0.39, 0.29) is 12.2 Å². The van der Waals surface area contributed by atoms with Crippen LogP contribution in [-0.4, -0.2) is 26.1 Å². The lowest BCUT2D eigenvalue weighted by atomic mass is 10.2. The number of nitrogens with one attached hydrogen (secondary N) is 1. The summed E-state index contributed by atoms with van der Waals surface area (Å²) in [5.41, 5.74) is -0.488. The van der Waals surface area contributed by atoms with Crippen molar-refractivity contribution in [2.45, 2.75) is 31.5 Å². The smallest absolute Gasteiger partial charge is 0.324 e. The average molecular weight is 311 g/mol. The van der Waals surface area contributed by atoms with E-state index in [0.717, 1.165) is 25.0 Å². The molecule has 1 fully saturated rings. The van der Waals surface area contributed by atoms with E-state index >= 15 is 0 Å². The molecule has 3 rings (SSSR count). The molecule has 0 saturated heterocycles. The summed E-state index contributed by atoms with van der Waals surface area (Å²) in [6.45, 7) is -0.138. The zero-order valence-electron chi connectivity index (χ0n) is 11.3. The van der Waals surface area contributed by atoms with Gasteiger partial charge in [0.15, 0.2) is 5.82 Å². The predicted molar refractivity (Wildman–Crippen MR) is 69.9 cm³/mol. The van der Waals surface area contributed by atoms with Crippen LogP contribution in [0.15, 0.2) is 24.3 Å². The van der Waals surface area contributed by atoms with E-state index < -0.39 is 17.6 Å². The number of halogens is 3. The van der Waals surface area contributed by atoms with Crippen molar-refractivity contribution in [1.82, 2.24) is 20.2 Å². The Kier molecular flexibility index (Phi) is 3.55. The normalized spacial score (nSPS) is 14.9. The van der Waals surface area contributed by atoms with Gasteiger partial charge in [0.05, 0.1) is 5.56 Å². The van der Waals surface area contributed by atoms with Gasteiger partial charge in [0.1, 0.15) is 6.54 Å². The highest BCUT2D eigenvalue weighted by Crippen LogP contribution is 2.37. The molecule has 9 heteroatoms. The van der Waals surface area contributed by atoms with Gasteiger partial charge in [-0.15, -0.1) is 10.2 Å². The molecule has 1 heterocycles. The van der Waals surface area contributed by atoms with Gasteiger partial charge in [-0.3, -0.25) is 4.79 Å². The molecule has 6 nitrogen and oxygen atoms in total. The van der Waals surface area contributed by atoms with Crippen molar-refractivity contribution in [3.05, 3.63) is 35.7 Å². The van der Waals surface area contributed by atoms with E-state index in [2.05, 4.69) is 20.7 Å². The van der Waals surface area contributed by atoms with Gasteiger partial charge in [0.2, 0.25) is 5.91 Å². The third kappa shape index (κ3) is 3.41. The number of aromatic nitrogens is 4. The van der Waals surface area contributed by atoms with Crippen molar-refractivity contribution in [1.29, 1.82) is 0 Å². The number of hydrogen-bond donors (Lipinski definition) is 1. The number of tetrazole rings is 1. The van der Waals surface area contributed by atoms with Gasteiger partial charge in [-0.1, -0.05) is 0 Å². The minimum absolute atomic E-state index is 0.138. The molecule has 1 aliphatic rings. The monoisotopic (exact) mass is 311 g/mol. The van der Waals surface area contributed by atoms with Gasteiger partial charge in [0.25, 0.3) is 0 Å². The minimum Gasteiger partial charge on any atom is -0.324 e. The molecular formula is C13H12F3N5O. The highest BCUT2D eigenvalue weighted by molar-refractivity contribution is 5.90. The SMILES string of the molecule is O=C(Cn1nnc(C2CC2)n1)Nc1ccc(C(F)(F)F)cc1. The highest BCUT2D eigenvalue weighted by atomic mass is 19.4. The maximum absolute atomic E-state index is 12.4. The van der Waals surface area contributed by atoms with E-state index in [4.69, 9.17) is 0 Å². The molecule has 0 spiro atoms. The fourth-order valence-electron chi connectivity index (χ4n) is 1.90. The van der Waals surface area contributed by atoms with Gasteiger partial charge >= 0.3 is 6.18 Å². The molecule has 0 atom stereocenters. The third-order valence-electron chi connectivity index (χ3n) is 3.19. The number of benzene rings is 1. The lowest BCUT2D eigenvalue weighted by Crippen LogP contribution is -2.20. The number of amides is 1. The Balaban J connectivity index is 1.58. The second-order valence-electron chi connectivity index (χ2n) is 5.08. The van der Waals surface area contributed by atoms with Gasteiger partial charge in [-0.05, 0) is 42.3 Å². The molecule has 1 amide bonds. The molecular weight excluding hydrogens is 299 g/mol. The van der Waals surface area contributed by atoms with Crippen LogP contribution in [0.3, 0.4) is 0 Å². The van der Waals surface area contributed by atoms with Gasteiger partial charge in [-0.25, -0.2) is 0 Å². The highest BCUT2D eigenvalue weighted by Gasteiger charge is 2.30. The molecule has 116 valence electrons. The first-order valence-electron chi connectivity index (χ1n) is 6.66. The molecule has 1 aromatic heterocycles. The summed E-state index contributed by atoms with van der Waals surface area (Å²) in [5.74, 6) is 0.536. The molecule has 0 unspecified atom stereocenters. The summed E-state index contributed by atoms with van der Waals surface area (Å²) in [6.07, 6.45) is -2.33. The van der Waals surface area contributed by atoms with E-state index in [0.29, 0.717) is 11.7 Å². The van der Waals surface area contributed by atoms with E-state index in [1.807, 2.05) is 0 Å². The standard InChI is InChI=1S/C13H12F3N5O/c14-13(15,16)9-3-5-10(6-4-9)17-11(22)7-21-19-12(18-20-21)8-1-2-8/h3-6,8H,1-2,7H2,(H,17,22). The number of anilines is 1. The maximum Gasteiger partial charge on any atom is 0.416 e. The fourth-order valence-corrected chi connectivity index (χ4v) is 1.90. The van der Waals surface area contributed by atoms with E-state index in [9.17, 15) is 18.0 Å². The zero-order valence-corrected chi connectivity index (χ0v) is 11.3. The van der Waals surface area contributed by atoms with Crippen LogP contribution >= 0.6 is 0 Å². The molecule has 0 bridgehead atoms. The summed E-state index contributed by atoms with van der Waals surface area (Å²) in [5, 5.41) is 14.2. The predicted octanol–water partition coefficient (Wildman–Crippen LogP) is 2.21. The number of rotatable bonds is 4. The van der Waals surface area contributed by atoms with E-state index in [1.54, 1.807) is 0 Å². The van der Waals surface area contributed by atoms with Crippen LogP contribution in [0.4, 0.5) is 18.9 Å². The Morgan fingerprint density at radius 2 is 1.95 bits per heavy atom. The Hall–Kier alpha value is -2.45. The second kappa shape index (κ2) is 5.39. The van der Waals surface area contributed by atoms with Crippen molar-refractivity contribution in [2.24, 2.45) is 0 Å². The third-order valence-corrected chi connectivity index (χ3v) is 3.19. The second-order valence-corrected chi connectivity index (χ2v) is 5.08. The minimum atomic E-state index is -4.40. The number of hydrogen-bond acceptors (Lipinski definition) is 4.